The van der Waals surface area contributed by atoms with Gasteiger partial charge in [-0.15, -0.1) is 0 Å². The van der Waals surface area contributed by atoms with Gasteiger partial charge < -0.3 is 14.8 Å². The molecule has 1 amide bonds. The van der Waals surface area contributed by atoms with Crippen LogP contribution in [0.5, 0.6) is 0 Å². The molecule has 0 unspecified atom stereocenters. The summed E-state index contributed by atoms with van der Waals surface area (Å²) in [6.07, 6.45) is -0.561. The average molecular weight is 262 g/mol. The van der Waals surface area contributed by atoms with Crippen LogP contribution in [0.1, 0.15) is 32.1 Å². The van der Waals surface area contributed by atoms with Gasteiger partial charge in [0.05, 0.1) is 0 Å². The second-order valence-corrected chi connectivity index (χ2v) is 4.51. The highest BCUT2D eigenvalue weighted by Gasteiger charge is 2.11. The fourth-order valence-electron chi connectivity index (χ4n) is 1.61. The number of hydrogen-bond donors (Lipinski definition) is 2. The lowest BCUT2D eigenvalue weighted by molar-refractivity contribution is -0.139. The molecule has 100 valence electrons. The Hall–Kier alpha value is -2.37. The molecule has 1 aromatic carbocycles. The van der Waals surface area contributed by atoms with Gasteiger partial charge in [0.1, 0.15) is 11.9 Å². The molecule has 0 aliphatic rings. The third-order valence-electron chi connectivity index (χ3n) is 2.49. The van der Waals surface area contributed by atoms with Crippen molar-refractivity contribution in [2.24, 2.45) is 0 Å². The second-order valence-electron chi connectivity index (χ2n) is 4.51. The van der Waals surface area contributed by atoms with Crippen LogP contribution in [-0.2, 0) is 9.59 Å². The van der Waals surface area contributed by atoms with E-state index in [9.17, 15) is 9.59 Å². The van der Waals surface area contributed by atoms with Crippen molar-refractivity contribution in [2.75, 3.05) is 5.32 Å². The van der Waals surface area contributed by atoms with Crippen molar-refractivity contribution in [3.63, 3.8) is 0 Å². The molecule has 0 spiro atoms. The zero-order valence-corrected chi connectivity index (χ0v) is 10.6. The third-order valence-corrected chi connectivity index (χ3v) is 2.49. The Bertz CT molecular complexity index is 631. The lowest BCUT2D eigenvalue weighted by Crippen LogP contribution is -2.15. The number of anilines is 1. The van der Waals surface area contributed by atoms with Crippen LogP contribution in [0.15, 0.2) is 22.6 Å². The van der Waals surface area contributed by atoms with E-state index >= 15 is 0 Å². The molecule has 0 aliphatic carbocycles. The number of fused-ring (bicyclic) bond motifs is 1. The number of oxazole rings is 1. The second kappa shape index (κ2) is 5.09. The SMILES string of the molecule is CC(C)c1nc2cc(NC(=O)CC(=O)O)ccc2o1. The van der Waals surface area contributed by atoms with Gasteiger partial charge >= 0.3 is 5.97 Å². The maximum absolute atomic E-state index is 11.3. The normalized spacial score (nSPS) is 10.9. The Balaban J connectivity index is 2.21. The molecular formula is C13H14N2O4. The van der Waals surface area contributed by atoms with Gasteiger partial charge in [-0.05, 0) is 18.2 Å². The maximum Gasteiger partial charge on any atom is 0.312 e. The van der Waals surface area contributed by atoms with Crippen LogP contribution in [0, 0.1) is 0 Å². The Kier molecular flexibility index (Phi) is 3.50. The fourth-order valence-corrected chi connectivity index (χ4v) is 1.61. The summed E-state index contributed by atoms with van der Waals surface area (Å²) in [7, 11) is 0. The number of aromatic nitrogens is 1. The van der Waals surface area contributed by atoms with Crippen LogP contribution < -0.4 is 5.32 Å². The molecule has 2 aromatic rings. The average Bonchev–Trinajstić information content (AvgIpc) is 2.70. The first-order valence-electron chi connectivity index (χ1n) is 5.88. The van der Waals surface area contributed by atoms with E-state index in [0.717, 1.165) is 0 Å². The molecule has 0 saturated heterocycles. The molecule has 0 aliphatic heterocycles. The number of amides is 1. The topological polar surface area (TPSA) is 92.4 Å². The lowest BCUT2D eigenvalue weighted by atomic mass is 10.2. The number of rotatable bonds is 4. The van der Waals surface area contributed by atoms with E-state index in [1.807, 2.05) is 13.8 Å². The number of nitrogens with one attached hydrogen (secondary N) is 1. The molecule has 0 radical (unpaired) electrons. The van der Waals surface area contributed by atoms with Crippen LogP contribution in [0.3, 0.4) is 0 Å². The van der Waals surface area contributed by atoms with Crippen molar-refractivity contribution < 1.29 is 19.1 Å². The van der Waals surface area contributed by atoms with E-state index in [4.69, 9.17) is 9.52 Å². The van der Waals surface area contributed by atoms with Gasteiger partial charge in [0.15, 0.2) is 11.5 Å². The number of carboxylic acid groups (broad SMARTS) is 1. The summed E-state index contributed by atoms with van der Waals surface area (Å²) in [5, 5.41) is 11.0. The molecule has 6 heteroatoms. The van der Waals surface area contributed by atoms with Gasteiger partial charge in [-0.3, -0.25) is 9.59 Å². The quantitative estimate of drug-likeness (QED) is 0.825. The van der Waals surface area contributed by atoms with Crippen LogP contribution >= 0.6 is 0 Å². The summed E-state index contributed by atoms with van der Waals surface area (Å²) in [6.45, 7) is 3.94. The van der Waals surface area contributed by atoms with E-state index in [1.54, 1.807) is 18.2 Å². The number of hydrogen-bond acceptors (Lipinski definition) is 4. The summed E-state index contributed by atoms with van der Waals surface area (Å²) >= 11 is 0. The molecule has 0 atom stereocenters. The number of carboxylic acids is 1. The van der Waals surface area contributed by atoms with E-state index in [-0.39, 0.29) is 5.92 Å². The van der Waals surface area contributed by atoms with Gasteiger partial charge in [0.2, 0.25) is 5.91 Å². The molecule has 0 saturated carbocycles. The van der Waals surface area contributed by atoms with Crippen molar-refractivity contribution in [3.8, 4) is 0 Å². The highest BCUT2D eigenvalue weighted by Crippen LogP contribution is 2.23. The molecule has 2 N–H and O–H groups in total. The van der Waals surface area contributed by atoms with Crippen LogP contribution in [0.25, 0.3) is 11.1 Å². The standard InChI is InChI=1S/C13H14N2O4/c1-7(2)13-15-9-5-8(3-4-10(9)19-13)14-11(16)6-12(17)18/h3-5,7H,6H2,1-2H3,(H,14,16)(H,17,18). The van der Waals surface area contributed by atoms with E-state index in [0.29, 0.717) is 22.7 Å². The van der Waals surface area contributed by atoms with Gasteiger partial charge in [-0.2, -0.15) is 0 Å². The molecule has 6 nitrogen and oxygen atoms in total. The largest absolute Gasteiger partial charge is 0.481 e. The van der Waals surface area contributed by atoms with Gasteiger partial charge in [-0.25, -0.2) is 4.98 Å². The van der Waals surface area contributed by atoms with Crippen LogP contribution in [-0.4, -0.2) is 22.0 Å². The first-order chi connectivity index (χ1) is 8.95. The Labute approximate surface area is 109 Å². The Morgan fingerprint density at radius 3 is 2.79 bits per heavy atom. The van der Waals surface area contributed by atoms with Crippen LogP contribution in [0.2, 0.25) is 0 Å². The highest BCUT2D eigenvalue weighted by molar-refractivity contribution is 6.01. The molecule has 19 heavy (non-hydrogen) atoms. The smallest absolute Gasteiger partial charge is 0.312 e. The third kappa shape index (κ3) is 3.09. The van der Waals surface area contributed by atoms with Crippen molar-refractivity contribution in [3.05, 3.63) is 24.1 Å². The van der Waals surface area contributed by atoms with Gasteiger partial charge in [0.25, 0.3) is 0 Å². The minimum atomic E-state index is -1.16. The number of benzene rings is 1. The van der Waals surface area contributed by atoms with E-state index in [1.165, 1.54) is 0 Å². The number of nitrogens with zero attached hydrogens (tertiary/aromatic N) is 1. The zero-order valence-electron chi connectivity index (χ0n) is 10.6. The van der Waals surface area contributed by atoms with Crippen LogP contribution in [0.4, 0.5) is 5.69 Å². The first kappa shape index (κ1) is 13.1. The van der Waals surface area contributed by atoms with Gasteiger partial charge in [0, 0.05) is 11.6 Å². The minimum Gasteiger partial charge on any atom is -0.481 e. The Morgan fingerprint density at radius 2 is 2.16 bits per heavy atom. The zero-order chi connectivity index (χ0) is 14.0. The monoisotopic (exact) mass is 262 g/mol. The summed E-state index contributed by atoms with van der Waals surface area (Å²) in [5.74, 6) is -0.928. The van der Waals surface area contributed by atoms with E-state index in [2.05, 4.69) is 10.3 Å². The predicted molar refractivity (Wildman–Crippen MR) is 69.0 cm³/mol. The minimum absolute atomic E-state index is 0.178. The molecule has 1 aromatic heterocycles. The fraction of sp³-hybridized carbons (Fsp3) is 0.308. The summed E-state index contributed by atoms with van der Waals surface area (Å²) in [4.78, 5) is 26.0. The lowest BCUT2D eigenvalue weighted by Gasteiger charge is -2.02. The predicted octanol–water partition coefficient (Wildman–Crippen LogP) is 2.36. The maximum atomic E-state index is 11.3. The molecule has 0 fully saturated rings. The van der Waals surface area contributed by atoms with Crippen molar-refractivity contribution in [1.82, 2.24) is 4.98 Å². The molecular weight excluding hydrogens is 248 g/mol. The molecule has 1 heterocycles. The summed E-state index contributed by atoms with van der Waals surface area (Å²) in [5.41, 5.74) is 1.78. The first-order valence-corrected chi connectivity index (χ1v) is 5.88. The van der Waals surface area contributed by atoms with Crippen molar-refractivity contribution in [1.29, 1.82) is 0 Å². The summed E-state index contributed by atoms with van der Waals surface area (Å²) in [6, 6.07) is 5.01. The number of aliphatic carboxylic acids is 1. The number of carbonyl (C=O) groups is 2. The highest BCUT2D eigenvalue weighted by atomic mass is 16.4. The van der Waals surface area contributed by atoms with Crippen molar-refractivity contribution in [2.45, 2.75) is 26.2 Å². The summed E-state index contributed by atoms with van der Waals surface area (Å²) < 4.78 is 5.54. The molecule has 0 bridgehead atoms. The van der Waals surface area contributed by atoms with E-state index < -0.39 is 18.3 Å². The molecule has 2 rings (SSSR count). The van der Waals surface area contributed by atoms with Gasteiger partial charge in [-0.1, -0.05) is 13.8 Å². The Morgan fingerprint density at radius 1 is 1.42 bits per heavy atom. The number of carbonyl (C=O) groups excluding carboxylic acids is 1. The van der Waals surface area contributed by atoms with Crippen molar-refractivity contribution >= 4 is 28.7 Å².